The summed E-state index contributed by atoms with van der Waals surface area (Å²) in [5.74, 6) is -1.46. The van der Waals surface area contributed by atoms with Crippen molar-refractivity contribution < 1.29 is 19.4 Å². The molecule has 0 aromatic carbocycles. The van der Waals surface area contributed by atoms with E-state index in [1.54, 1.807) is 19.3 Å². The van der Waals surface area contributed by atoms with Crippen molar-refractivity contribution in [2.75, 3.05) is 6.61 Å². The Morgan fingerprint density at radius 3 is 2.50 bits per heavy atom. The number of aliphatic carboxylic acids is 1. The maximum atomic E-state index is 12.0. The number of amides is 1. The quantitative estimate of drug-likeness (QED) is 0.740. The van der Waals surface area contributed by atoms with Gasteiger partial charge in [0.1, 0.15) is 6.04 Å². The van der Waals surface area contributed by atoms with E-state index in [1.165, 1.54) is 0 Å². The van der Waals surface area contributed by atoms with E-state index in [2.05, 4.69) is 10.3 Å². The Morgan fingerprint density at radius 2 is 2.05 bits per heavy atom. The van der Waals surface area contributed by atoms with Crippen molar-refractivity contribution in [1.29, 1.82) is 0 Å². The zero-order valence-electron chi connectivity index (χ0n) is 12.3. The number of aromatic amines is 1. The summed E-state index contributed by atoms with van der Waals surface area (Å²) in [6, 6.07) is -0.959. The molecule has 1 amide bonds. The summed E-state index contributed by atoms with van der Waals surface area (Å²) >= 11 is 0. The van der Waals surface area contributed by atoms with E-state index in [4.69, 9.17) is 9.84 Å². The molecular formula is C14H22N2O4. The predicted molar refractivity (Wildman–Crippen MR) is 74.7 cm³/mol. The average Bonchev–Trinajstić information content (AvgIpc) is 2.72. The zero-order valence-corrected chi connectivity index (χ0v) is 12.3. The Bertz CT molecular complexity index is 474. The lowest BCUT2D eigenvalue weighted by atomic mass is 10.1. The van der Waals surface area contributed by atoms with Gasteiger partial charge >= 0.3 is 5.97 Å². The van der Waals surface area contributed by atoms with E-state index in [-0.39, 0.29) is 18.6 Å². The van der Waals surface area contributed by atoms with Crippen molar-refractivity contribution in [2.24, 2.45) is 0 Å². The minimum atomic E-state index is -1.07. The number of carbonyl (C=O) groups excluding carboxylic acids is 1. The summed E-state index contributed by atoms with van der Waals surface area (Å²) in [5.41, 5.74) is 0.898. The Kier molecular flexibility index (Phi) is 5.33. The predicted octanol–water partition coefficient (Wildman–Crippen LogP) is 1.71. The summed E-state index contributed by atoms with van der Waals surface area (Å²) in [5, 5.41) is 11.6. The Balaban J connectivity index is 2.58. The SMILES string of the molecule is Cc1c[nH]cc1C(=O)NC(CCOC(C)(C)C)C(=O)O. The van der Waals surface area contributed by atoms with Crippen LogP contribution in [0.3, 0.4) is 0 Å². The highest BCUT2D eigenvalue weighted by molar-refractivity contribution is 5.97. The maximum absolute atomic E-state index is 12.0. The Labute approximate surface area is 118 Å². The lowest BCUT2D eigenvalue weighted by Gasteiger charge is -2.21. The molecule has 6 nitrogen and oxygen atoms in total. The second kappa shape index (κ2) is 6.56. The molecule has 1 heterocycles. The fourth-order valence-electron chi connectivity index (χ4n) is 1.66. The van der Waals surface area contributed by atoms with Crippen LogP contribution in [0.4, 0.5) is 0 Å². The highest BCUT2D eigenvalue weighted by atomic mass is 16.5. The van der Waals surface area contributed by atoms with Crippen LogP contribution >= 0.6 is 0 Å². The molecule has 1 aromatic heterocycles. The molecule has 112 valence electrons. The van der Waals surface area contributed by atoms with E-state index in [1.807, 2.05) is 20.8 Å². The normalized spacial score (nSPS) is 13.0. The van der Waals surface area contributed by atoms with Crippen molar-refractivity contribution in [3.05, 3.63) is 23.5 Å². The zero-order chi connectivity index (χ0) is 15.3. The lowest BCUT2D eigenvalue weighted by molar-refractivity contribution is -0.140. The molecule has 1 unspecified atom stereocenters. The molecule has 3 N–H and O–H groups in total. The van der Waals surface area contributed by atoms with Crippen LogP contribution in [0.1, 0.15) is 43.1 Å². The topological polar surface area (TPSA) is 91.4 Å². The molecule has 0 bridgehead atoms. The van der Waals surface area contributed by atoms with Gasteiger partial charge in [-0.15, -0.1) is 0 Å². The van der Waals surface area contributed by atoms with Gasteiger partial charge in [-0.05, 0) is 33.3 Å². The van der Waals surface area contributed by atoms with Crippen LogP contribution in [0.2, 0.25) is 0 Å². The summed E-state index contributed by atoms with van der Waals surface area (Å²) < 4.78 is 5.49. The fourth-order valence-corrected chi connectivity index (χ4v) is 1.66. The van der Waals surface area contributed by atoms with Gasteiger partial charge in [-0.2, -0.15) is 0 Å². The van der Waals surface area contributed by atoms with E-state index < -0.39 is 17.9 Å². The number of aryl methyl sites for hydroxylation is 1. The lowest BCUT2D eigenvalue weighted by Crippen LogP contribution is -2.42. The highest BCUT2D eigenvalue weighted by Crippen LogP contribution is 2.09. The van der Waals surface area contributed by atoms with Crippen LogP contribution in [-0.2, 0) is 9.53 Å². The number of carbonyl (C=O) groups is 2. The number of rotatable bonds is 6. The first-order valence-electron chi connectivity index (χ1n) is 6.51. The number of hydrogen-bond donors (Lipinski definition) is 3. The Hall–Kier alpha value is -1.82. The van der Waals surface area contributed by atoms with Crippen molar-refractivity contribution in [3.63, 3.8) is 0 Å². The number of hydrogen-bond acceptors (Lipinski definition) is 3. The number of H-pyrrole nitrogens is 1. The van der Waals surface area contributed by atoms with Crippen LogP contribution < -0.4 is 5.32 Å². The van der Waals surface area contributed by atoms with Crippen molar-refractivity contribution in [1.82, 2.24) is 10.3 Å². The molecule has 0 aliphatic rings. The van der Waals surface area contributed by atoms with Gasteiger partial charge in [0.2, 0.25) is 0 Å². The second-order valence-electron chi connectivity index (χ2n) is 5.67. The molecule has 0 saturated heterocycles. The van der Waals surface area contributed by atoms with Gasteiger partial charge in [0.05, 0.1) is 11.2 Å². The third-order valence-corrected chi connectivity index (χ3v) is 2.74. The monoisotopic (exact) mass is 282 g/mol. The first-order chi connectivity index (χ1) is 9.20. The van der Waals surface area contributed by atoms with Crippen LogP contribution in [0.15, 0.2) is 12.4 Å². The molecule has 0 aliphatic carbocycles. The van der Waals surface area contributed by atoms with E-state index in [0.29, 0.717) is 5.56 Å². The molecular weight excluding hydrogens is 260 g/mol. The Morgan fingerprint density at radius 1 is 1.40 bits per heavy atom. The van der Waals surface area contributed by atoms with Crippen molar-refractivity contribution in [3.8, 4) is 0 Å². The van der Waals surface area contributed by atoms with Crippen LogP contribution in [0, 0.1) is 6.92 Å². The highest BCUT2D eigenvalue weighted by Gasteiger charge is 2.22. The molecule has 1 aromatic rings. The molecule has 6 heteroatoms. The van der Waals surface area contributed by atoms with Crippen molar-refractivity contribution >= 4 is 11.9 Å². The van der Waals surface area contributed by atoms with Gasteiger partial charge in [-0.1, -0.05) is 0 Å². The third-order valence-electron chi connectivity index (χ3n) is 2.74. The van der Waals surface area contributed by atoms with Gasteiger partial charge in [-0.25, -0.2) is 4.79 Å². The summed E-state index contributed by atoms with van der Waals surface area (Å²) in [6.07, 6.45) is 3.46. The van der Waals surface area contributed by atoms with Gasteiger partial charge in [-0.3, -0.25) is 4.79 Å². The molecule has 20 heavy (non-hydrogen) atoms. The molecule has 0 radical (unpaired) electrons. The van der Waals surface area contributed by atoms with Gasteiger partial charge in [0, 0.05) is 25.4 Å². The van der Waals surface area contributed by atoms with E-state index in [0.717, 1.165) is 5.56 Å². The first kappa shape index (κ1) is 16.2. The van der Waals surface area contributed by atoms with Crippen LogP contribution in [0.25, 0.3) is 0 Å². The van der Waals surface area contributed by atoms with E-state index >= 15 is 0 Å². The minimum Gasteiger partial charge on any atom is -0.480 e. The maximum Gasteiger partial charge on any atom is 0.326 e. The van der Waals surface area contributed by atoms with E-state index in [9.17, 15) is 9.59 Å². The van der Waals surface area contributed by atoms with Gasteiger partial charge in [0.15, 0.2) is 0 Å². The number of carboxylic acids is 1. The second-order valence-corrected chi connectivity index (χ2v) is 5.67. The summed E-state index contributed by atoms with van der Waals surface area (Å²) in [4.78, 5) is 25.9. The average molecular weight is 282 g/mol. The van der Waals surface area contributed by atoms with Crippen LogP contribution in [0.5, 0.6) is 0 Å². The largest absolute Gasteiger partial charge is 0.480 e. The molecule has 1 atom stereocenters. The standard InChI is InChI=1S/C14H22N2O4/c1-9-7-15-8-10(9)12(17)16-11(13(18)19)5-6-20-14(2,3)4/h7-8,11,15H,5-6H2,1-4H3,(H,16,17)(H,18,19). The summed E-state index contributed by atoms with van der Waals surface area (Å²) in [6.45, 7) is 7.73. The van der Waals surface area contributed by atoms with Gasteiger partial charge < -0.3 is 20.1 Å². The number of nitrogens with one attached hydrogen (secondary N) is 2. The minimum absolute atomic E-state index is 0.224. The van der Waals surface area contributed by atoms with Gasteiger partial charge in [0.25, 0.3) is 5.91 Å². The number of carboxylic acid groups (broad SMARTS) is 1. The molecule has 0 aliphatic heterocycles. The summed E-state index contributed by atoms with van der Waals surface area (Å²) in [7, 11) is 0. The molecule has 0 saturated carbocycles. The first-order valence-corrected chi connectivity index (χ1v) is 6.51. The van der Waals surface area contributed by atoms with Crippen molar-refractivity contribution in [2.45, 2.75) is 45.8 Å². The number of ether oxygens (including phenoxy) is 1. The molecule has 0 fully saturated rings. The molecule has 0 spiro atoms. The number of aromatic nitrogens is 1. The molecule has 1 rings (SSSR count). The smallest absolute Gasteiger partial charge is 0.326 e. The third kappa shape index (κ3) is 5.05. The fraction of sp³-hybridized carbons (Fsp3) is 0.571. The van der Waals surface area contributed by atoms with Crippen LogP contribution in [-0.4, -0.2) is 40.2 Å².